The van der Waals surface area contributed by atoms with Gasteiger partial charge in [-0.2, -0.15) is 4.37 Å². The smallest absolute Gasteiger partial charge is 0.142 e. The van der Waals surface area contributed by atoms with Crippen LogP contribution in [0.4, 0.5) is 10.8 Å². The summed E-state index contributed by atoms with van der Waals surface area (Å²) in [6, 6.07) is 0.742. The van der Waals surface area contributed by atoms with Gasteiger partial charge in [-0.25, -0.2) is 0 Å². The Hall–Kier alpha value is -0.770. The fraction of sp³-hybridized carbons (Fsp3) is 0.727. The van der Waals surface area contributed by atoms with E-state index in [0.717, 1.165) is 18.2 Å². The van der Waals surface area contributed by atoms with Crippen molar-refractivity contribution in [2.45, 2.75) is 39.7 Å². The van der Waals surface area contributed by atoms with Gasteiger partial charge in [-0.3, -0.25) is 0 Å². The van der Waals surface area contributed by atoms with Crippen molar-refractivity contribution in [3.63, 3.8) is 0 Å². The summed E-state index contributed by atoms with van der Waals surface area (Å²) in [6.07, 6.45) is 2.65. The summed E-state index contributed by atoms with van der Waals surface area (Å²) < 4.78 is 4.23. The van der Waals surface area contributed by atoms with Crippen molar-refractivity contribution in [2.75, 3.05) is 17.2 Å². The van der Waals surface area contributed by atoms with E-state index in [9.17, 15) is 0 Å². The van der Waals surface area contributed by atoms with Crippen molar-refractivity contribution in [3.8, 4) is 0 Å². The van der Waals surface area contributed by atoms with E-state index in [1.165, 1.54) is 17.8 Å². The van der Waals surface area contributed by atoms with Gasteiger partial charge in [-0.1, -0.05) is 13.8 Å². The Bertz CT molecular complexity index is 342. The first kappa shape index (κ1) is 10.7. The molecule has 1 aliphatic rings. The normalized spacial score (nSPS) is 16.0. The minimum atomic E-state index is 0.688. The van der Waals surface area contributed by atoms with Crippen LogP contribution < -0.4 is 10.6 Å². The zero-order valence-electron chi connectivity index (χ0n) is 9.66. The molecule has 0 bridgehead atoms. The van der Waals surface area contributed by atoms with Crippen LogP contribution in [0.25, 0.3) is 0 Å². The highest BCUT2D eigenvalue weighted by Crippen LogP contribution is 2.38. The lowest BCUT2D eigenvalue weighted by Crippen LogP contribution is -2.29. The quantitative estimate of drug-likeness (QED) is 0.856. The van der Waals surface area contributed by atoms with E-state index < -0.39 is 0 Å². The average Bonchev–Trinajstić information content (AvgIpc) is 2.93. The molecule has 3 nitrogen and oxygen atoms in total. The molecular weight excluding hydrogens is 206 g/mol. The Labute approximate surface area is 95.4 Å². The first-order valence-electron chi connectivity index (χ1n) is 5.58. The first-order valence-corrected chi connectivity index (χ1v) is 6.35. The topological polar surface area (TPSA) is 42.1 Å². The minimum Gasteiger partial charge on any atom is -0.383 e. The highest BCUT2D eigenvalue weighted by atomic mass is 32.1. The molecule has 0 amide bonds. The Morgan fingerprint density at radius 3 is 2.60 bits per heavy atom. The fourth-order valence-corrected chi connectivity index (χ4v) is 2.68. The van der Waals surface area contributed by atoms with Crippen LogP contribution in [-0.2, 0) is 0 Å². The van der Waals surface area contributed by atoms with Crippen LogP contribution in [0.1, 0.15) is 32.3 Å². The Balaban J connectivity index is 2.20. The highest BCUT2D eigenvalue weighted by Gasteiger charge is 2.31. The highest BCUT2D eigenvalue weighted by molar-refractivity contribution is 7.10. The van der Waals surface area contributed by atoms with E-state index in [-0.39, 0.29) is 0 Å². The van der Waals surface area contributed by atoms with E-state index in [1.54, 1.807) is 11.5 Å². The van der Waals surface area contributed by atoms with Gasteiger partial charge in [0.15, 0.2) is 0 Å². The van der Waals surface area contributed by atoms with Gasteiger partial charge in [0.1, 0.15) is 10.8 Å². The predicted octanol–water partition coefficient (Wildman–Crippen LogP) is 2.66. The zero-order valence-corrected chi connectivity index (χ0v) is 10.5. The van der Waals surface area contributed by atoms with Crippen LogP contribution >= 0.6 is 11.5 Å². The number of aromatic nitrogens is 1. The number of nitrogens with zero attached hydrogens (tertiary/aromatic N) is 2. The number of nitrogen functional groups attached to an aromatic ring is 1. The molecule has 84 valence electrons. The van der Waals surface area contributed by atoms with Crippen LogP contribution in [0.3, 0.4) is 0 Å². The van der Waals surface area contributed by atoms with Crippen LogP contribution in [0.15, 0.2) is 0 Å². The molecule has 1 aliphatic carbocycles. The van der Waals surface area contributed by atoms with Gasteiger partial charge in [0, 0.05) is 18.2 Å². The summed E-state index contributed by atoms with van der Waals surface area (Å²) in [6.45, 7) is 7.71. The molecule has 1 aromatic rings. The molecular formula is C11H19N3S. The molecule has 0 atom stereocenters. The number of anilines is 2. The summed E-state index contributed by atoms with van der Waals surface area (Å²) in [5.74, 6) is 1.39. The summed E-state index contributed by atoms with van der Waals surface area (Å²) in [4.78, 5) is 2.49. The zero-order chi connectivity index (χ0) is 11.0. The molecule has 0 saturated heterocycles. The Morgan fingerprint density at radius 2 is 2.20 bits per heavy atom. The third-order valence-corrected chi connectivity index (χ3v) is 3.75. The van der Waals surface area contributed by atoms with Crippen molar-refractivity contribution in [2.24, 2.45) is 5.92 Å². The van der Waals surface area contributed by atoms with E-state index >= 15 is 0 Å². The number of hydrogen-bond donors (Lipinski definition) is 1. The molecule has 1 fully saturated rings. The van der Waals surface area contributed by atoms with Crippen molar-refractivity contribution < 1.29 is 0 Å². The number of rotatable bonds is 4. The third kappa shape index (κ3) is 2.25. The molecule has 4 heteroatoms. The van der Waals surface area contributed by atoms with Gasteiger partial charge in [0.25, 0.3) is 0 Å². The molecule has 0 aliphatic heterocycles. The van der Waals surface area contributed by atoms with E-state index in [1.807, 2.05) is 0 Å². The van der Waals surface area contributed by atoms with E-state index in [2.05, 4.69) is 30.0 Å². The summed E-state index contributed by atoms with van der Waals surface area (Å²) in [7, 11) is 0. The van der Waals surface area contributed by atoms with Gasteiger partial charge in [0.05, 0.1) is 0 Å². The lowest BCUT2D eigenvalue weighted by atomic mass is 10.2. The second kappa shape index (κ2) is 4.00. The lowest BCUT2D eigenvalue weighted by Gasteiger charge is -2.25. The molecule has 1 aromatic heterocycles. The third-order valence-electron chi connectivity index (χ3n) is 2.75. The first-order chi connectivity index (χ1) is 7.09. The Morgan fingerprint density at radius 1 is 1.53 bits per heavy atom. The number of hydrogen-bond acceptors (Lipinski definition) is 4. The molecule has 2 N–H and O–H groups in total. The van der Waals surface area contributed by atoms with Gasteiger partial charge in [0.2, 0.25) is 0 Å². The maximum Gasteiger partial charge on any atom is 0.142 e. The predicted molar refractivity (Wildman–Crippen MR) is 66.5 cm³/mol. The average molecular weight is 225 g/mol. The van der Waals surface area contributed by atoms with E-state index in [0.29, 0.717) is 11.7 Å². The maximum atomic E-state index is 5.80. The second-order valence-electron chi connectivity index (χ2n) is 4.78. The van der Waals surface area contributed by atoms with Crippen LogP contribution in [0.5, 0.6) is 0 Å². The van der Waals surface area contributed by atoms with Crippen LogP contribution in [-0.4, -0.2) is 17.0 Å². The standard InChI is InChI=1S/C11H19N3S/c1-7(2)6-14(9-4-5-9)11-8(3)10(12)13-15-11/h7,9H,4-6H2,1-3H3,(H2,12,13). The minimum absolute atomic E-state index is 0.688. The Kier molecular flexibility index (Phi) is 2.87. The monoisotopic (exact) mass is 225 g/mol. The van der Waals surface area contributed by atoms with E-state index in [4.69, 9.17) is 5.73 Å². The molecule has 0 unspecified atom stereocenters. The summed E-state index contributed by atoms with van der Waals surface area (Å²) >= 11 is 1.55. The SMILES string of the molecule is Cc1c(N)nsc1N(CC(C)C)C1CC1. The van der Waals surface area contributed by atoms with Gasteiger partial charge in [-0.05, 0) is 37.2 Å². The molecule has 0 radical (unpaired) electrons. The molecule has 1 saturated carbocycles. The lowest BCUT2D eigenvalue weighted by molar-refractivity contribution is 0.609. The number of nitrogens with two attached hydrogens (primary N) is 1. The summed E-state index contributed by atoms with van der Waals surface area (Å²) in [5.41, 5.74) is 6.96. The van der Waals surface area contributed by atoms with Crippen molar-refractivity contribution in [1.29, 1.82) is 0 Å². The molecule has 15 heavy (non-hydrogen) atoms. The van der Waals surface area contributed by atoms with Crippen molar-refractivity contribution in [1.82, 2.24) is 4.37 Å². The molecule has 2 rings (SSSR count). The molecule has 1 heterocycles. The fourth-order valence-electron chi connectivity index (χ4n) is 1.78. The van der Waals surface area contributed by atoms with Gasteiger partial charge < -0.3 is 10.6 Å². The van der Waals surface area contributed by atoms with Gasteiger partial charge >= 0.3 is 0 Å². The van der Waals surface area contributed by atoms with Crippen molar-refractivity contribution >= 4 is 22.4 Å². The summed E-state index contributed by atoms with van der Waals surface area (Å²) in [5, 5.41) is 1.28. The molecule has 0 aromatic carbocycles. The molecule has 0 spiro atoms. The maximum absolute atomic E-state index is 5.80. The van der Waals surface area contributed by atoms with Crippen LogP contribution in [0.2, 0.25) is 0 Å². The van der Waals surface area contributed by atoms with Crippen LogP contribution in [0, 0.1) is 12.8 Å². The van der Waals surface area contributed by atoms with Gasteiger partial charge in [-0.15, -0.1) is 0 Å². The largest absolute Gasteiger partial charge is 0.383 e. The van der Waals surface area contributed by atoms with Crippen molar-refractivity contribution in [3.05, 3.63) is 5.56 Å². The second-order valence-corrected chi connectivity index (χ2v) is 5.53.